The van der Waals surface area contributed by atoms with E-state index in [0.717, 1.165) is 23.8 Å². The van der Waals surface area contributed by atoms with E-state index in [4.69, 9.17) is 4.74 Å². The van der Waals surface area contributed by atoms with Crippen LogP contribution in [0.1, 0.15) is 46.9 Å². The lowest BCUT2D eigenvalue weighted by Gasteiger charge is -2.27. The fraction of sp³-hybridized carbons (Fsp3) is 0.833. The third-order valence-electron chi connectivity index (χ3n) is 3.16. The topological polar surface area (TPSA) is 47.0 Å². The van der Waals surface area contributed by atoms with E-state index in [1.807, 2.05) is 0 Å². The quantitative estimate of drug-likeness (QED) is 0.902. The molecule has 1 aliphatic rings. The Kier molecular flexibility index (Phi) is 3.16. The molecule has 2 rings (SSSR count). The predicted molar refractivity (Wildman–Crippen MR) is 70.6 cm³/mol. The van der Waals surface area contributed by atoms with Gasteiger partial charge in [0.15, 0.2) is 0 Å². The smallest absolute Gasteiger partial charge is 0.202 e. The van der Waals surface area contributed by atoms with Crippen LogP contribution in [0.4, 0.5) is 5.13 Å². The van der Waals surface area contributed by atoms with E-state index in [2.05, 4.69) is 49.3 Å². The zero-order valence-electron chi connectivity index (χ0n) is 11.2. The van der Waals surface area contributed by atoms with Gasteiger partial charge >= 0.3 is 0 Å². The van der Waals surface area contributed by atoms with E-state index in [1.54, 1.807) is 0 Å². The summed E-state index contributed by atoms with van der Waals surface area (Å²) in [5, 5.41) is 4.37. The van der Waals surface area contributed by atoms with E-state index in [0.29, 0.717) is 0 Å². The molecule has 0 aromatic carbocycles. The molecule has 0 saturated carbocycles. The average molecular weight is 255 g/mol. The Morgan fingerprint density at radius 3 is 2.59 bits per heavy atom. The van der Waals surface area contributed by atoms with Crippen LogP contribution in [-0.4, -0.2) is 26.6 Å². The van der Waals surface area contributed by atoms with Gasteiger partial charge in [0.25, 0.3) is 0 Å². The Morgan fingerprint density at radius 2 is 2.12 bits per heavy atom. The molecule has 4 nitrogen and oxygen atoms in total. The van der Waals surface area contributed by atoms with Gasteiger partial charge in [0, 0.05) is 18.0 Å². The van der Waals surface area contributed by atoms with Gasteiger partial charge in [0.2, 0.25) is 5.13 Å². The number of ether oxygens (including phenoxy) is 1. The molecule has 1 aromatic heterocycles. The molecule has 0 aliphatic carbocycles. The molecule has 1 unspecified atom stereocenters. The maximum atomic E-state index is 6.05. The van der Waals surface area contributed by atoms with Crippen molar-refractivity contribution in [1.29, 1.82) is 0 Å². The summed E-state index contributed by atoms with van der Waals surface area (Å²) < 4.78 is 10.3. The molecule has 1 saturated heterocycles. The highest BCUT2D eigenvalue weighted by Crippen LogP contribution is 2.38. The maximum Gasteiger partial charge on any atom is 0.202 e. The van der Waals surface area contributed by atoms with Crippen molar-refractivity contribution in [2.75, 3.05) is 5.32 Å². The summed E-state index contributed by atoms with van der Waals surface area (Å²) in [6.45, 7) is 10.6. The Labute approximate surface area is 107 Å². The first-order valence-corrected chi connectivity index (χ1v) is 6.89. The summed E-state index contributed by atoms with van der Waals surface area (Å²) in [4.78, 5) is 4.45. The van der Waals surface area contributed by atoms with Gasteiger partial charge in [0.1, 0.15) is 5.82 Å². The van der Waals surface area contributed by atoms with Gasteiger partial charge in [0.05, 0.1) is 17.2 Å². The van der Waals surface area contributed by atoms with Gasteiger partial charge in [-0.2, -0.15) is 4.37 Å². The van der Waals surface area contributed by atoms with E-state index in [-0.39, 0.29) is 17.2 Å². The highest BCUT2D eigenvalue weighted by atomic mass is 32.1. The Morgan fingerprint density at radius 1 is 1.41 bits per heavy atom. The van der Waals surface area contributed by atoms with E-state index in [9.17, 15) is 0 Å². The van der Waals surface area contributed by atoms with Gasteiger partial charge in [-0.25, -0.2) is 4.98 Å². The average Bonchev–Trinajstić information content (AvgIpc) is 2.69. The van der Waals surface area contributed by atoms with E-state index < -0.39 is 0 Å². The number of anilines is 1. The molecular weight excluding hydrogens is 234 g/mol. The number of nitrogens with one attached hydrogen (secondary N) is 1. The van der Waals surface area contributed by atoms with Crippen LogP contribution in [0, 0.1) is 0 Å². The lowest BCUT2D eigenvalue weighted by atomic mass is 9.95. The maximum absolute atomic E-state index is 6.05. The standard InChI is InChI=1S/C12H21N3OS/c1-6-9-14-10(17-15-9)13-8-7-11(2,3)16-12(8,4)5/h8H,6-7H2,1-5H3,(H,13,14,15). The monoisotopic (exact) mass is 255 g/mol. The van der Waals surface area contributed by atoms with Crippen LogP contribution in [0.25, 0.3) is 0 Å². The molecule has 1 aromatic rings. The first-order chi connectivity index (χ1) is 7.82. The van der Waals surface area contributed by atoms with Gasteiger partial charge in [-0.15, -0.1) is 0 Å². The number of aromatic nitrogens is 2. The van der Waals surface area contributed by atoms with Gasteiger partial charge in [-0.05, 0) is 34.1 Å². The van der Waals surface area contributed by atoms with E-state index >= 15 is 0 Å². The fourth-order valence-electron chi connectivity index (χ4n) is 2.39. The second kappa shape index (κ2) is 4.21. The van der Waals surface area contributed by atoms with Crippen molar-refractivity contribution in [3.05, 3.63) is 5.82 Å². The highest BCUT2D eigenvalue weighted by Gasteiger charge is 2.46. The van der Waals surface area contributed by atoms with Crippen LogP contribution in [0.2, 0.25) is 0 Å². The van der Waals surface area contributed by atoms with Crippen LogP contribution in [0.5, 0.6) is 0 Å². The predicted octanol–water partition coefficient (Wildman–Crippen LogP) is 2.86. The Balaban J connectivity index is 2.08. The summed E-state index contributed by atoms with van der Waals surface area (Å²) in [5.41, 5.74) is -0.235. The summed E-state index contributed by atoms with van der Waals surface area (Å²) in [6, 6.07) is 0.287. The summed E-state index contributed by atoms with van der Waals surface area (Å²) >= 11 is 1.43. The number of nitrogens with zero attached hydrogens (tertiary/aromatic N) is 2. The number of hydrogen-bond donors (Lipinski definition) is 1. The molecule has 0 radical (unpaired) electrons. The molecular formula is C12H21N3OS. The third-order valence-corrected chi connectivity index (χ3v) is 3.84. The summed E-state index contributed by atoms with van der Waals surface area (Å²) in [5.74, 6) is 0.911. The van der Waals surface area contributed by atoms with E-state index in [1.165, 1.54) is 11.5 Å². The second-order valence-electron chi connectivity index (χ2n) is 5.74. The molecule has 0 bridgehead atoms. The molecule has 0 amide bonds. The molecule has 17 heavy (non-hydrogen) atoms. The molecule has 1 atom stereocenters. The van der Waals surface area contributed by atoms with Crippen LogP contribution < -0.4 is 5.32 Å². The lowest BCUT2D eigenvalue weighted by molar-refractivity contribution is -0.0662. The first kappa shape index (κ1) is 12.8. The molecule has 0 spiro atoms. The summed E-state index contributed by atoms with van der Waals surface area (Å²) in [6.07, 6.45) is 1.87. The van der Waals surface area contributed by atoms with Crippen molar-refractivity contribution in [2.45, 2.75) is 64.7 Å². The molecule has 2 heterocycles. The normalized spacial score (nSPS) is 26.1. The molecule has 1 N–H and O–H groups in total. The van der Waals surface area contributed by atoms with Crippen molar-refractivity contribution >= 4 is 16.7 Å². The van der Waals surface area contributed by atoms with Crippen LogP contribution in [0.3, 0.4) is 0 Å². The van der Waals surface area contributed by atoms with Gasteiger partial charge < -0.3 is 10.1 Å². The lowest BCUT2D eigenvalue weighted by Crippen LogP contribution is -2.38. The van der Waals surface area contributed by atoms with Crippen molar-refractivity contribution in [2.24, 2.45) is 0 Å². The van der Waals surface area contributed by atoms with Gasteiger partial charge in [-0.3, -0.25) is 0 Å². The second-order valence-corrected chi connectivity index (χ2v) is 6.49. The SMILES string of the molecule is CCc1nsc(NC2CC(C)(C)OC2(C)C)n1. The first-order valence-electron chi connectivity index (χ1n) is 6.12. The third kappa shape index (κ3) is 2.77. The number of aryl methyl sites for hydroxylation is 1. The molecule has 96 valence electrons. The van der Waals surface area contributed by atoms with Crippen LogP contribution in [-0.2, 0) is 11.2 Å². The largest absolute Gasteiger partial charge is 0.367 e. The Hall–Kier alpha value is -0.680. The zero-order chi connectivity index (χ0) is 12.7. The van der Waals surface area contributed by atoms with Crippen LogP contribution >= 0.6 is 11.5 Å². The number of hydrogen-bond acceptors (Lipinski definition) is 5. The van der Waals surface area contributed by atoms with Crippen molar-refractivity contribution in [1.82, 2.24) is 9.36 Å². The van der Waals surface area contributed by atoms with Crippen molar-refractivity contribution < 1.29 is 4.74 Å². The minimum Gasteiger partial charge on any atom is -0.367 e. The Bertz CT molecular complexity index is 400. The number of rotatable bonds is 3. The minimum absolute atomic E-state index is 0.0700. The molecule has 1 aliphatic heterocycles. The highest BCUT2D eigenvalue weighted by molar-refractivity contribution is 7.09. The van der Waals surface area contributed by atoms with Crippen LogP contribution in [0.15, 0.2) is 0 Å². The fourth-order valence-corrected chi connectivity index (χ4v) is 3.10. The van der Waals surface area contributed by atoms with Crippen molar-refractivity contribution in [3.63, 3.8) is 0 Å². The summed E-state index contributed by atoms with van der Waals surface area (Å²) in [7, 11) is 0. The van der Waals surface area contributed by atoms with Gasteiger partial charge in [-0.1, -0.05) is 6.92 Å². The molecule has 5 heteroatoms. The zero-order valence-corrected chi connectivity index (χ0v) is 12.0. The van der Waals surface area contributed by atoms with Crippen molar-refractivity contribution in [3.8, 4) is 0 Å². The molecule has 1 fully saturated rings. The minimum atomic E-state index is -0.165.